The Morgan fingerprint density at radius 1 is 1.39 bits per heavy atom. The molecule has 0 bridgehead atoms. The molecular formula is C18H26FNO3. The lowest BCUT2D eigenvalue weighted by Crippen LogP contribution is -2.60. The maximum Gasteiger partial charge on any atom is 0.123 e. The van der Waals surface area contributed by atoms with E-state index in [0.717, 1.165) is 12.0 Å². The van der Waals surface area contributed by atoms with Crippen LogP contribution in [0.5, 0.6) is 0 Å². The molecule has 1 aromatic carbocycles. The van der Waals surface area contributed by atoms with Crippen LogP contribution in [0.15, 0.2) is 24.3 Å². The number of ether oxygens (including phenoxy) is 1. The molecule has 2 aliphatic rings. The zero-order chi connectivity index (χ0) is 16.8. The predicted molar refractivity (Wildman–Crippen MR) is 85.4 cm³/mol. The first-order valence-corrected chi connectivity index (χ1v) is 8.20. The number of nitrogens with zero attached hydrogens (tertiary/aromatic N) is 1. The monoisotopic (exact) mass is 323 g/mol. The Hall–Kier alpha value is -1.01. The van der Waals surface area contributed by atoms with Crippen molar-refractivity contribution in [2.24, 2.45) is 5.92 Å². The molecule has 23 heavy (non-hydrogen) atoms. The molecule has 3 rings (SSSR count). The first-order chi connectivity index (χ1) is 10.7. The van der Waals surface area contributed by atoms with E-state index in [1.54, 1.807) is 6.07 Å². The van der Waals surface area contributed by atoms with Crippen LogP contribution in [0.2, 0.25) is 0 Å². The summed E-state index contributed by atoms with van der Waals surface area (Å²) in [5.74, 6) is -0.261. The van der Waals surface area contributed by atoms with Gasteiger partial charge < -0.3 is 14.9 Å². The number of hydrogen-bond donors (Lipinski definition) is 2. The lowest BCUT2D eigenvalue weighted by atomic mass is 9.78. The van der Waals surface area contributed by atoms with Crippen LogP contribution in [0.25, 0.3) is 0 Å². The molecule has 0 amide bonds. The molecule has 0 spiro atoms. The number of rotatable bonds is 3. The van der Waals surface area contributed by atoms with Crippen molar-refractivity contribution in [1.29, 1.82) is 0 Å². The normalized spacial score (nSPS) is 36.2. The Kier molecular flexibility index (Phi) is 4.25. The van der Waals surface area contributed by atoms with E-state index >= 15 is 0 Å². The van der Waals surface area contributed by atoms with Crippen molar-refractivity contribution in [2.75, 3.05) is 13.7 Å². The summed E-state index contributed by atoms with van der Waals surface area (Å²) in [7, 11) is 1.86. The lowest BCUT2D eigenvalue weighted by Gasteiger charge is -2.47. The molecule has 0 radical (unpaired) electrons. The summed E-state index contributed by atoms with van der Waals surface area (Å²) in [4.78, 5) is 1.92. The highest BCUT2D eigenvalue weighted by Crippen LogP contribution is 2.47. The van der Waals surface area contributed by atoms with Crippen molar-refractivity contribution < 1.29 is 19.3 Å². The molecule has 1 aromatic rings. The van der Waals surface area contributed by atoms with Gasteiger partial charge in [0, 0.05) is 6.54 Å². The maximum atomic E-state index is 13.4. The minimum absolute atomic E-state index is 0.0150. The van der Waals surface area contributed by atoms with Crippen molar-refractivity contribution in [3.63, 3.8) is 0 Å². The standard InChI is InChI=1S/C18H26FNO3/c1-17(2)9-13-8-15(21)16(18(13,22)11-23-17)20(3)10-12-5-4-6-14(19)7-12/h4-7,13,15-16,21-22H,8-11H2,1-3H3/t13-,15-,16+,18+/m1/s1. The third kappa shape index (κ3) is 3.15. The highest BCUT2D eigenvalue weighted by Gasteiger charge is 2.59. The highest BCUT2D eigenvalue weighted by molar-refractivity contribution is 5.18. The molecule has 1 aliphatic carbocycles. The second kappa shape index (κ2) is 5.81. The van der Waals surface area contributed by atoms with Crippen molar-refractivity contribution in [3.05, 3.63) is 35.6 Å². The first kappa shape index (κ1) is 16.8. The van der Waals surface area contributed by atoms with E-state index in [1.807, 2.05) is 31.9 Å². The molecule has 0 unspecified atom stereocenters. The lowest BCUT2D eigenvalue weighted by molar-refractivity contribution is -0.196. The van der Waals surface area contributed by atoms with Gasteiger partial charge in [0.15, 0.2) is 0 Å². The summed E-state index contributed by atoms with van der Waals surface area (Å²) in [6.07, 6.45) is 0.688. The minimum Gasteiger partial charge on any atom is -0.391 e. The molecule has 4 atom stereocenters. The number of hydrogen-bond acceptors (Lipinski definition) is 4. The number of aliphatic hydroxyl groups is 2. The fourth-order valence-corrected chi connectivity index (χ4v) is 4.32. The zero-order valence-corrected chi connectivity index (χ0v) is 14.0. The van der Waals surface area contributed by atoms with E-state index < -0.39 is 17.7 Å². The van der Waals surface area contributed by atoms with Gasteiger partial charge in [-0.3, -0.25) is 4.90 Å². The van der Waals surface area contributed by atoms with Gasteiger partial charge in [0.05, 0.1) is 24.4 Å². The molecule has 2 fully saturated rings. The summed E-state index contributed by atoms with van der Waals surface area (Å²) in [5, 5.41) is 21.7. The molecule has 1 saturated carbocycles. The van der Waals surface area contributed by atoms with E-state index in [4.69, 9.17) is 4.74 Å². The molecule has 1 heterocycles. The van der Waals surface area contributed by atoms with Crippen LogP contribution in [0.1, 0.15) is 32.3 Å². The number of likely N-dealkylation sites (N-methyl/N-ethyl adjacent to an activating group) is 1. The van der Waals surface area contributed by atoms with Crippen LogP contribution in [-0.4, -0.2) is 52.1 Å². The SMILES string of the molecule is CN(Cc1cccc(F)c1)[C@H]1[C@H](O)C[C@@H]2CC(C)(C)OC[C@]21O. The van der Waals surface area contributed by atoms with E-state index in [2.05, 4.69) is 0 Å². The summed E-state index contributed by atoms with van der Waals surface area (Å²) in [6, 6.07) is 6.01. The van der Waals surface area contributed by atoms with Crippen molar-refractivity contribution in [2.45, 2.75) is 56.6 Å². The van der Waals surface area contributed by atoms with Gasteiger partial charge in [-0.15, -0.1) is 0 Å². The first-order valence-electron chi connectivity index (χ1n) is 8.20. The van der Waals surface area contributed by atoms with Crippen molar-refractivity contribution in [1.82, 2.24) is 4.90 Å². The van der Waals surface area contributed by atoms with E-state index in [-0.39, 0.29) is 23.9 Å². The molecule has 0 aromatic heterocycles. The minimum atomic E-state index is -1.06. The molecular weight excluding hydrogens is 297 g/mol. The Balaban J connectivity index is 1.78. The van der Waals surface area contributed by atoms with Gasteiger partial charge in [0.1, 0.15) is 11.4 Å². The molecule has 128 valence electrons. The quantitative estimate of drug-likeness (QED) is 0.892. The largest absolute Gasteiger partial charge is 0.391 e. The van der Waals surface area contributed by atoms with Gasteiger partial charge in [-0.2, -0.15) is 0 Å². The van der Waals surface area contributed by atoms with E-state index in [0.29, 0.717) is 13.0 Å². The fraction of sp³-hybridized carbons (Fsp3) is 0.667. The Morgan fingerprint density at radius 2 is 2.13 bits per heavy atom. The van der Waals surface area contributed by atoms with Crippen LogP contribution in [-0.2, 0) is 11.3 Å². The van der Waals surface area contributed by atoms with Gasteiger partial charge in [0.25, 0.3) is 0 Å². The van der Waals surface area contributed by atoms with Gasteiger partial charge in [-0.05, 0) is 57.4 Å². The topological polar surface area (TPSA) is 52.9 Å². The molecule has 2 N–H and O–H groups in total. The molecule has 1 saturated heterocycles. The Bertz CT molecular complexity index is 579. The Labute approximate surface area is 136 Å². The summed E-state index contributed by atoms with van der Waals surface area (Å²) in [6.45, 7) is 4.73. The van der Waals surface area contributed by atoms with Crippen LogP contribution < -0.4 is 0 Å². The maximum absolute atomic E-state index is 13.4. The third-order valence-electron chi connectivity index (χ3n) is 5.34. The molecule has 4 nitrogen and oxygen atoms in total. The van der Waals surface area contributed by atoms with Gasteiger partial charge >= 0.3 is 0 Å². The number of benzene rings is 1. The van der Waals surface area contributed by atoms with Crippen LogP contribution in [0.4, 0.5) is 4.39 Å². The van der Waals surface area contributed by atoms with E-state index in [1.165, 1.54) is 12.1 Å². The second-order valence-corrected chi connectivity index (χ2v) is 7.73. The molecule has 1 aliphatic heterocycles. The van der Waals surface area contributed by atoms with Gasteiger partial charge in [0.2, 0.25) is 0 Å². The molecule has 5 heteroatoms. The average Bonchev–Trinajstić information content (AvgIpc) is 2.68. The van der Waals surface area contributed by atoms with Crippen LogP contribution in [0, 0.1) is 11.7 Å². The van der Waals surface area contributed by atoms with Gasteiger partial charge in [-0.25, -0.2) is 4.39 Å². The van der Waals surface area contributed by atoms with Crippen LogP contribution in [0.3, 0.4) is 0 Å². The summed E-state index contributed by atoms with van der Waals surface area (Å²) in [5.41, 5.74) is -0.507. The summed E-state index contributed by atoms with van der Waals surface area (Å²) >= 11 is 0. The fourth-order valence-electron chi connectivity index (χ4n) is 4.32. The van der Waals surface area contributed by atoms with Crippen molar-refractivity contribution in [3.8, 4) is 0 Å². The summed E-state index contributed by atoms with van der Waals surface area (Å²) < 4.78 is 19.2. The zero-order valence-electron chi connectivity index (χ0n) is 14.0. The number of fused-ring (bicyclic) bond motifs is 1. The Morgan fingerprint density at radius 3 is 2.83 bits per heavy atom. The number of halogens is 1. The highest BCUT2D eigenvalue weighted by atomic mass is 19.1. The number of aliphatic hydroxyl groups excluding tert-OH is 1. The predicted octanol–water partition coefficient (Wildman–Crippen LogP) is 1.94. The van der Waals surface area contributed by atoms with Gasteiger partial charge in [-0.1, -0.05) is 12.1 Å². The smallest absolute Gasteiger partial charge is 0.123 e. The van der Waals surface area contributed by atoms with E-state index in [9.17, 15) is 14.6 Å². The van der Waals surface area contributed by atoms with Crippen LogP contribution >= 0.6 is 0 Å². The van der Waals surface area contributed by atoms with Crippen molar-refractivity contribution >= 4 is 0 Å². The second-order valence-electron chi connectivity index (χ2n) is 7.73. The average molecular weight is 323 g/mol. The third-order valence-corrected chi connectivity index (χ3v) is 5.34.